The van der Waals surface area contributed by atoms with Gasteiger partial charge in [0.05, 0.1) is 13.0 Å². The summed E-state index contributed by atoms with van der Waals surface area (Å²) in [7, 11) is 1.63. The zero-order valence-electron chi connectivity index (χ0n) is 8.53. The first-order chi connectivity index (χ1) is 7.29. The predicted molar refractivity (Wildman–Crippen MR) is 54.3 cm³/mol. The normalized spacial score (nSPS) is 20.1. The van der Waals surface area contributed by atoms with E-state index >= 15 is 0 Å². The van der Waals surface area contributed by atoms with Gasteiger partial charge in [0.15, 0.2) is 0 Å². The Morgan fingerprint density at radius 3 is 3.13 bits per heavy atom. The van der Waals surface area contributed by atoms with Crippen LogP contribution in [-0.4, -0.2) is 19.6 Å². The van der Waals surface area contributed by atoms with Crippen molar-refractivity contribution >= 4 is 5.97 Å². The van der Waals surface area contributed by atoms with Crippen molar-refractivity contribution in [1.29, 1.82) is 0 Å². The van der Waals surface area contributed by atoms with Gasteiger partial charge in [-0.05, 0) is 24.1 Å². The maximum Gasteiger partial charge on any atom is 0.329 e. The minimum Gasteiger partial charge on any atom is -0.497 e. The number of methoxy groups -OCH3 is 1. The molecule has 1 N–H and O–H groups in total. The number of ether oxygens (including phenoxy) is 1. The molecular weight excluding hydrogens is 194 g/mol. The fourth-order valence-electron chi connectivity index (χ4n) is 1.62. The number of benzene rings is 1. The number of rotatable bonds is 3. The Bertz CT molecular complexity index is 365. The molecule has 2 rings (SSSR count). The molecule has 0 spiro atoms. The summed E-state index contributed by atoms with van der Waals surface area (Å²) in [5.41, 5.74) is 3.67. The Hall–Kier alpha value is -1.55. The molecule has 1 fully saturated rings. The summed E-state index contributed by atoms with van der Waals surface area (Å²) >= 11 is 0. The van der Waals surface area contributed by atoms with E-state index in [1.807, 2.05) is 24.3 Å². The second kappa shape index (κ2) is 4.31. The van der Waals surface area contributed by atoms with Crippen LogP contribution in [0.3, 0.4) is 0 Å². The average molecular weight is 207 g/mol. The summed E-state index contributed by atoms with van der Waals surface area (Å²) in [6.07, 6.45) is 0.684. The van der Waals surface area contributed by atoms with Crippen molar-refractivity contribution in [2.24, 2.45) is 5.92 Å². The number of carbonyl (C=O) groups is 1. The molecule has 0 aromatic heterocycles. The standard InChI is InChI=1S/C11H13NO3/c1-14-10-4-2-3-8(6-10)5-9-7-12-15-11(9)13/h2-4,6,9,12H,5,7H2,1H3. The summed E-state index contributed by atoms with van der Waals surface area (Å²) in [4.78, 5) is 15.9. The van der Waals surface area contributed by atoms with Crippen molar-refractivity contribution in [2.75, 3.05) is 13.7 Å². The van der Waals surface area contributed by atoms with E-state index in [1.54, 1.807) is 7.11 Å². The molecule has 4 heteroatoms. The summed E-state index contributed by atoms with van der Waals surface area (Å²) in [6, 6.07) is 7.72. The van der Waals surface area contributed by atoms with Gasteiger partial charge in [0.25, 0.3) is 0 Å². The van der Waals surface area contributed by atoms with Gasteiger partial charge in [-0.1, -0.05) is 12.1 Å². The molecule has 1 heterocycles. The van der Waals surface area contributed by atoms with Crippen LogP contribution in [0.2, 0.25) is 0 Å². The summed E-state index contributed by atoms with van der Waals surface area (Å²) < 4.78 is 5.11. The molecule has 0 saturated carbocycles. The molecule has 80 valence electrons. The molecule has 1 aromatic carbocycles. The molecule has 0 radical (unpaired) electrons. The Kier molecular flexibility index (Phi) is 2.87. The fourth-order valence-corrected chi connectivity index (χ4v) is 1.62. The third-order valence-electron chi connectivity index (χ3n) is 2.45. The van der Waals surface area contributed by atoms with Crippen LogP contribution in [0, 0.1) is 5.92 Å². The lowest BCUT2D eigenvalue weighted by Crippen LogP contribution is -2.14. The number of hydroxylamine groups is 1. The molecule has 4 nitrogen and oxygen atoms in total. The molecule has 15 heavy (non-hydrogen) atoms. The molecule has 1 aliphatic rings. The van der Waals surface area contributed by atoms with Gasteiger partial charge in [-0.25, -0.2) is 4.79 Å². The van der Waals surface area contributed by atoms with E-state index in [9.17, 15) is 4.79 Å². The molecule has 1 atom stereocenters. The zero-order chi connectivity index (χ0) is 10.7. The van der Waals surface area contributed by atoms with E-state index in [-0.39, 0.29) is 11.9 Å². The minimum atomic E-state index is -0.183. The van der Waals surface area contributed by atoms with Gasteiger partial charge in [0.2, 0.25) is 0 Å². The predicted octanol–water partition coefficient (Wildman–Crippen LogP) is 0.915. The maximum absolute atomic E-state index is 11.2. The monoisotopic (exact) mass is 207 g/mol. The highest BCUT2D eigenvalue weighted by Gasteiger charge is 2.26. The quantitative estimate of drug-likeness (QED) is 0.800. The van der Waals surface area contributed by atoms with Crippen LogP contribution in [0.4, 0.5) is 0 Å². The highest BCUT2D eigenvalue weighted by Crippen LogP contribution is 2.17. The van der Waals surface area contributed by atoms with Crippen molar-refractivity contribution in [3.63, 3.8) is 0 Å². The van der Waals surface area contributed by atoms with Crippen LogP contribution in [0.25, 0.3) is 0 Å². The summed E-state index contributed by atoms with van der Waals surface area (Å²) in [5.74, 6) is 0.543. The van der Waals surface area contributed by atoms with Gasteiger partial charge in [0.1, 0.15) is 5.75 Å². The van der Waals surface area contributed by atoms with E-state index < -0.39 is 0 Å². The minimum absolute atomic E-state index is 0.0860. The van der Waals surface area contributed by atoms with Crippen molar-refractivity contribution in [2.45, 2.75) is 6.42 Å². The second-order valence-corrected chi connectivity index (χ2v) is 3.52. The van der Waals surface area contributed by atoms with Crippen LogP contribution in [0.1, 0.15) is 5.56 Å². The van der Waals surface area contributed by atoms with E-state index in [4.69, 9.17) is 4.74 Å². The summed E-state index contributed by atoms with van der Waals surface area (Å²) in [6.45, 7) is 0.579. The lowest BCUT2D eigenvalue weighted by atomic mass is 10.0. The molecule has 0 aliphatic carbocycles. The SMILES string of the molecule is COc1cccc(CC2CNOC2=O)c1. The molecule has 0 bridgehead atoms. The first-order valence-electron chi connectivity index (χ1n) is 4.86. The summed E-state index contributed by atoms with van der Waals surface area (Å²) in [5, 5.41) is 0. The zero-order valence-corrected chi connectivity index (χ0v) is 8.53. The van der Waals surface area contributed by atoms with Gasteiger partial charge < -0.3 is 9.57 Å². The van der Waals surface area contributed by atoms with Crippen molar-refractivity contribution in [3.05, 3.63) is 29.8 Å². The largest absolute Gasteiger partial charge is 0.497 e. The second-order valence-electron chi connectivity index (χ2n) is 3.52. The van der Waals surface area contributed by atoms with E-state index in [0.717, 1.165) is 11.3 Å². The van der Waals surface area contributed by atoms with Crippen LogP contribution >= 0.6 is 0 Å². The highest BCUT2D eigenvalue weighted by atomic mass is 16.7. The molecular formula is C11H13NO3. The van der Waals surface area contributed by atoms with E-state index in [0.29, 0.717) is 13.0 Å². The van der Waals surface area contributed by atoms with Crippen molar-refractivity contribution in [3.8, 4) is 5.75 Å². The van der Waals surface area contributed by atoms with Gasteiger partial charge >= 0.3 is 5.97 Å². The van der Waals surface area contributed by atoms with E-state index in [1.165, 1.54) is 0 Å². The lowest BCUT2D eigenvalue weighted by Gasteiger charge is -2.06. The Labute approximate surface area is 88.1 Å². The highest BCUT2D eigenvalue weighted by molar-refractivity contribution is 5.74. The van der Waals surface area contributed by atoms with E-state index in [2.05, 4.69) is 10.3 Å². The molecule has 1 aliphatic heterocycles. The van der Waals surface area contributed by atoms with Crippen LogP contribution in [-0.2, 0) is 16.1 Å². The van der Waals surface area contributed by atoms with Crippen LogP contribution < -0.4 is 10.2 Å². The number of hydrogen-bond acceptors (Lipinski definition) is 4. The Morgan fingerprint density at radius 1 is 1.60 bits per heavy atom. The topological polar surface area (TPSA) is 47.6 Å². The van der Waals surface area contributed by atoms with Crippen LogP contribution in [0.15, 0.2) is 24.3 Å². The third-order valence-corrected chi connectivity index (χ3v) is 2.45. The smallest absolute Gasteiger partial charge is 0.329 e. The molecule has 1 unspecified atom stereocenters. The Morgan fingerprint density at radius 2 is 2.47 bits per heavy atom. The number of nitrogens with one attached hydrogen (secondary N) is 1. The van der Waals surface area contributed by atoms with Crippen LogP contribution in [0.5, 0.6) is 5.75 Å². The molecule has 0 amide bonds. The van der Waals surface area contributed by atoms with Gasteiger partial charge in [-0.3, -0.25) is 0 Å². The average Bonchev–Trinajstić information content (AvgIpc) is 2.65. The fraction of sp³-hybridized carbons (Fsp3) is 0.364. The third kappa shape index (κ3) is 2.27. The Balaban J connectivity index is 2.06. The maximum atomic E-state index is 11.2. The number of hydrogen-bond donors (Lipinski definition) is 1. The number of carbonyl (C=O) groups excluding carboxylic acids is 1. The van der Waals surface area contributed by atoms with Crippen molar-refractivity contribution in [1.82, 2.24) is 5.48 Å². The first kappa shape index (κ1) is 9.98. The van der Waals surface area contributed by atoms with Gasteiger partial charge in [-0.2, -0.15) is 5.48 Å². The van der Waals surface area contributed by atoms with Gasteiger partial charge in [0, 0.05) is 6.54 Å². The first-order valence-corrected chi connectivity index (χ1v) is 4.86. The van der Waals surface area contributed by atoms with Gasteiger partial charge in [-0.15, -0.1) is 0 Å². The molecule has 1 saturated heterocycles. The lowest BCUT2D eigenvalue weighted by molar-refractivity contribution is -0.145. The molecule has 1 aromatic rings. The van der Waals surface area contributed by atoms with Crippen molar-refractivity contribution < 1.29 is 14.4 Å².